The van der Waals surface area contributed by atoms with Crippen molar-refractivity contribution < 1.29 is 4.42 Å². The van der Waals surface area contributed by atoms with Gasteiger partial charge in [0.15, 0.2) is 5.58 Å². The van der Waals surface area contributed by atoms with Gasteiger partial charge in [0.25, 0.3) is 0 Å². The Morgan fingerprint density at radius 3 is 1.97 bits per heavy atom. The SMILES string of the molecule is Cc1cc2c(cc1N1c3cc(N(c4ccccc4)c4ccccc4)cc4c3B(c3c1ccc1c3sc3ccccc31)n1c3c(cccc3c3oc5ccccc5c31)C4)C(C)(C)CCC2(C)C. The summed E-state index contributed by atoms with van der Waals surface area (Å²) in [6.07, 6.45) is 3.11. The summed E-state index contributed by atoms with van der Waals surface area (Å²) >= 11 is 1.95. The molecule has 5 heterocycles. The molecule has 14 rings (SSSR count). The summed E-state index contributed by atoms with van der Waals surface area (Å²) in [4.78, 5) is 5.13. The van der Waals surface area contributed by atoms with E-state index in [1.165, 1.54) is 98.8 Å². The van der Waals surface area contributed by atoms with E-state index in [4.69, 9.17) is 4.42 Å². The molecule has 0 saturated carbocycles. The van der Waals surface area contributed by atoms with E-state index in [1.807, 2.05) is 11.3 Å². The normalized spacial score (nSPS) is 15.7. The molecule has 0 atom stereocenters. The van der Waals surface area contributed by atoms with Gasteiger partial charge >= 0.3 is 6.85 Å². The number of hydrogen-bond acceptors (Lipinski definition) is 4. The quantitative estimate of drug-likeness (QED) is 0.165. The third-order valence-electron chi connectivity index (χ3n) is 15.6. The number of benzene rings is 8. The van der Waals surface area contributed by atoms with E-state index >= 15 is 0 Å². The molecule has 0 bridgehead atoms. The zero-order valence-electron chi connectivity index (χ0n) is 37.9. The fourth-order valence-corrected chi connectivity index (χ4v) is 13.6. The summed E-state index contributed by atoms with van der Waals surface area (Å²) in [6, 6.07) is 61.4. The second-order valence-corrected chi connectivity index (χ2v) is 21.4. The minimum absolute atomic E-state index is 0.0341. The molecular formula is C60H48BN3OS. The molecule has 11 aromatic rings. The van der Waals surface area contributed by atoms with Gasteiger partial charge in [-0.25, -0.2) is 0 Å². The van der Waals surface area contributed by atoms with Crippen molar-refractivity contribution in [3.05, 3.63) is 192 Å². The van der Waals surface area contributed by atoms with Crippen molar-refractivity contribution in [2.45, 2.75) is 64.7 Å². The maximum Gasteiger partial charge on any atom is 0.334 e. The van der Waals surface area contributed by atoms with Crippen LogP contribution < -0.4 is 20.7 Å². The minimum atomic E-state index is -0.146. The second kappa shape index (κ2) is 13.5. The Kier molecular flexibility index (Phi) is 7.84. The van der Waals surface area contributed by atoms with E-state index in [1.54, 1.807) is 0 Å². The number of anilines is 6. The minimum Gasteiger partial charge on any atom is -0.454 e. The highest BCUT2D eigenvalue weighted by molar-refractivity contribution is 7.27. The van der Waals surface area contributed by atoms with Gasteiger partial charge < -0.3 is 18.7 Å². The van der Waals surface area contributed by atoms with Crippen LogP contribution >= 0.6 is 11.3 Å². The topological polar surface area (TPSA) is 24.6 Å². The van der Waals surface area contributed by atoms with Gasteiger partial charge in [0.05, 0.1) is 5.52 Å². The third-order valence-corrected chi connectivity index (χ3v) is 16.8. The van der Waals surface area contributed by atoms with Crippen molar-refractivity contribution >= 4 is 116 Å². The van der Waals surface area contributed by atoms with Crippen molar-refractivity contribution in [2.75, 3.05) is 9.80 Å². The lowest BCUT2D eigenvalue weighted by atomic mass is 9.46. The highest BCUT2D eigenvalue weighted by Gasteiger charge is 2.45. The lowest BCUT2D eigenvalue weighted by Crippen LogP contribution is -2.55. The fraction of sp³-hybridized carbons (Fsp3) is 0.167. The van der Waals surface area contributed by atoms with Crippen LogP contribution in [-0.4, -0.2) is 11.3 Å². The van der Waals surface area contributed by atoms with Gasteiger partial charge in [-0.1, -0.05) is 119 Å². The summed E-state index contributed by atoms with van der Waals surface area (Å²) in [7, 11) is 0. The van der Waals surface area contributed by atoms with E-state index in [0.717, 1.165) is 46.5 Å². The Balaban J connectivity index is 1.17. The van der Waals surface area contributed by atoms with Crippen LogP contribution in [0.25, 0.3) is 53.1 Å². The Morgan fingerprint density at radius 2 is 1.21 bits per heavy atom. The van der Waals surface area contributed by atoms with E-state index in [-0.39, 0.29) is 17.7 Å². The number of fused-ring (bicyclic) bond motifs is 13. The van der Waals surface area contributed by atoms with Crippen LogP contribution in [0.15, 0.2) is 168 Å². The third kappa shape index (κ3) is 5.22. The zero-order chi connectivity index (χ0) is 44.2. The van der Waals surface area contributed by atoms with Crippen molar-refractivity contribution in [2.24, 2.45) is 0 Å². The standard InChI is InChI=1S/C60H48BN3OS/c1-36-31-46-47(60(4,5)30-29-59(46,2)3)35-49(36)63-48-28-27-43-42-22-13-15-26-52(42)66-58(43)54(48)61-53-38(33-41(34-50(53)63)62(39-18-8-6-9-19-39)40-20-10-7-11-21-40)32-37-17-16-24-45-55(37)64(61)56-44-23-12-14-25-51(44)65-57(45)56/h6-28,31,33-35H,29-30,32H2,1-5H3. The Labute approximate surface area is 389 Å². The number of aryl methyl sites for hydroxylation is 1. The Hall–Kier alpha value is -7.02. The molecule has 1 aliphatic carbocycles. The summed E-state index contributed by atoms with van der Waals surface area (Å²) in [5.41, 5.74) is 21.2. The van der Waals surface area contributed by atoms with Gasteiger partial charge in [0.1, 0.15) is 5.58 Å². The first-order valence-corrected chi connectivity index (χ1v) is 24.4. The number of rotatable bonds is 4. The predicted molar refractivity (Wildman–Crippen MR) is 281 cm³/mol. The van der Waals surface area contributed by atoms with Crippen LogP contribution in [0.1, 0.15) is 68.4 Å². The zero-order valence-corrected chi connectivity index (χ0v) is 38.8. The van der Waals surface area contributed by atoms with E-state index in [0.29, 0.717) is 0 Å². The molecule has 0 fully saturated rings. The van der Waals surface area contributed by atoms with E-state index in [9.17, 15) is 0 Å². The molecule has 0 N–H and O–H groups in total. The lowest BCUT2D eigenvalue weighted by molar-refractivity contribution is 0.332. The summed E-state index contributed by atoms with van der Waals surface area (Å²) < 4.78 is 12.3. The monoisotopic (exact) mass is 869 g/mol. The van der Waals surface area contributed by atoms with Crippen LogP contribution in [-0.2, 0) is 17.3 Å². The van der Waals surface area contributed by atoms with Gasteiger partial charge in [0.2, 0.25) is 0 Å². The smallest absolute Gasteiger partial charge is 0.334 e. The molecule has 0 saturated heterocycles. The molecule has 3 aromatic heterocycles. The average molecular weight is 870 g/mol. The van der Waals surface area contributed by atoms with Crippen LogP contribution in [0.5, 0.6) is 0 Å². The van der Waals surface area contributed by atoms with Crippen LogP contribution in [0.4, 0.5) is 34.1 Å². The van der Waals surface area contributed by atoms with Crippen molar-refractivity contribution in [1.29, 1.82) is 0 Å². The van der Waals surface area contributed by atoms with Crippen molar-refractivity contribution in [3.8, 4) is 0 Å². The van der Waals surface area contributed by atoms with Gasteiger partial charge in [-0.2, -0.15) is 0 Å². The average Bonchev–Trinajstić information content (AvgIpc) is 3.97. The second-order valence-electron chi connectivity index (χ2n) is 20.3. The molecule has 8 aromatic carbocycles. The van der Waals surface area contributed by atoms with E-state index in [2.05, 4.69) is 213 Å². The Morgan fingerprint density at radius 1 is 0.545 bits per heavy atom. The van der Waals surface area contributed by atoms with Crippen LogP contribution in [0.3, 0.4) is 0 Å². The fourth-order valence-electron chi connectivity index (χ4n) is 12.3. The van der Waals surface area contributed by atoms with Gasteiger partial charge in [-0.15, -0.1) is 11.3 Å². The molecule has 2 aliphatic heterocycles. The highest BCUT2D eigenvalue weighted by atomic mass is 32.1. The Bertz CT molecular complexity index is 3800. The maximum atomic E-state index is 6.93. The van der Waals surface area contributed by atoms with Crippen LogP contribution in [0.2, 0.25) is 0 Å². The van der Waals surface area contributed by atoms with Gasteiger partial charge in [0, 0.05) is 70.6 Å². The van der Waals surface area contributed by atoms with Gasteiger partial charge in [-0.3, -0.25) is 0 Å². The molecule has 0 spiro atoms. The highest BCUT2D eigenvalue weighted by Crippen LogP contribution is 2.52. The summed E-state index contributed by atoms with van der Waals surface area (Å²) in [5.74, 6) is 0. The number of furan rings is 1. The molecule has 3 aliphatic rings. The summed E-state index contributed by atoms with van der Waals surface area (Å²) in [5, 5.41) is 4.95. The number of para-hydroxylation sites is 4. The molecule has 0 amide bonds. The number of aromatic nitrogens is 1. The first-order chi connectivity index (χ1) is 32.1. The molecular weight excluding hydrogens is 822 g/mol. The molecule has 0 radical (unpaired) electrons. The number of nitrogens with zero attached hydrogens (tertiary/aromatic N) is 3. The molecule has 66 heavy (non-hydrogen) atoms. The number of thiophene rings is 1. The first kappa shape index (κ1) is 38.3. The van der Waals surface area contributed by atoms with E-state index < -0.39 is 0 Å². The van der Waals surface area contributed by atoms with Crippen molar-refractivity contribution in [3.63, 3.8) is 0 Å². The lowest BCUT2D eigenvalue weighted by Gasteiger charge is -2.44. The van der Waals surface area contributed by atoms with Crippen LogP contribution in [0, 0.1) is 6.92 Å². The molecule has 0 unspecified atom stereocenters. The number of hydrogen-bond donors (Lipinski definition) is 0. The first-order valence-electron chi connectivity index (χ1n) is 23.5. The van der Waals surface area contributed by atoms with Crippen molar-refractivity contribution in [1.82, 2.24) is 4.48 Å². The molecule has 4 nitrogen and oxygen atoms in total. The predicted octanol–water partition coefficient (Wildman–Crippen LogP) is 15.4. The molecule has 6 heteroatoms. The van der Waals surface area contributed by atoms with Gasteiger partial charge in [-0.05, 0) is 149 Å². The summed E-state index contributed by atoms with van der Waals surface area (Å²) in [6.45, 7) is 12.0. The largest absolute Gasteiger partial charge is 0.454 e. The maximum absolute atomic E-state index is 6.93. The molecule has 318 valence electrons.